The van der Waals surface area contributed by atoms with Crippen LogP contribution in [0.15, 0.2) is 71.3 Å². The zero-order valence-corrected chi connectivity index (χ0v) is 32.0. The fraction of sp³-hybridized carbons (Fsp3) is 0.421. The van der Waals surface area contributed by atoms with Crippen molar-refractivity contribution in [3.05, 3.63) is 93.7 Å². The van der Waals surface area contributed by atoms with Gasteiger partial charge in [0, 0.05) is 58.7 Å². The van der Waals surface area contributed by atoms with Crippen LogP contribution >= 0.6 is 15.9 Å². The van der Waals surface area contributed by atoms with Crippen molar-refractivity contribution in [1.29, 1.82) is 0 Å². The highest BCUT2D eigenvalue weighted by molar-refractivity contribution is 9.10. The molecule has 4 rings (SSSR count). The van der Waals surface area contributed by atoms with Gasteiger partial charge < -0.3 is 31.3 Å². The van der Waals surface area contributed by atoms with Gasteiger partial charge in [0.2, 0.25) is 11.8 Å². The van der Waals surface area contributed by atoms with Crippen LogP contribution in [0.5, 0.6) is 0 Å². The summed E-state index contributed by atoms with van der Waals surface area (Å²) in [5, 5.41) is 14.8. The molecule has 1 aromatic heterocycles. The van der Waals surface area contributed by atoms with Crippen LogP contribution in [-0.2, 0) is 20.7 Å². The lowest BCUT2D eigenvalue weighted by atomic mass is 10.0. The van der Waals surface area contributed by atoms with E-state index in [1.165, 1.54) is 11.0 Å². The fourth-order valence-electron chi connectivity index (χ4n) is 5.73. The second-order valence-electron chi connectivity index (χ2n) is 13.3. The third-order valence-electron chi connectivity index (χ3n) is 8.70. The molecule has 0 spiro atoms. The molecular weight excluding hydrogens is 730 g/mol. The molecule has 1 fully saturated rings. The van der Waals surface area contributed by atoms with Crippen molar-refractivity contribution in [2.75, 3.05) is 24.6 Å². The van der Waals surface area contributed by atoms with E-state index in [0.29, 0.717) is 24.3 Å². The van der Waals surface area contributed by atoms with Crippen molar-refractivity contribution >= 4 is 51.3 Å². The third-order valence-corrected chi connectivity index (χ3v) is 9.23. The van der Waals surface area contributed by atoms with Gasteiger partial charge in [0.25, 0.3) is 11.8 Å². The molecule has 14 heteroatoms. The van der Waals surface area contributed by atoms with Crippen LogP contribution in [0.3, 0.4) is 0 Å². The molecule has 3 aromatic rings. The number of anilines is 1. The first-order chi connectivity index (χ1) is 24.8. The first-order valence-electron chi connectivity index (χ1n) is 17.5. The van der Waals surface area contributed by atoms with Gasteiger partial charge in [-0.3, -0.25) is 29.1 Å². The van der Waals surface area contributed by atoms with Crippen molar-refractivity contribution in [3.8, 4) is 0 Å². The first-order valence-corrected chi connectivity index (χ1v) is 18.3. The number of nitrogens with zero attached hydrogens (tertiary/aromatic N) is 2. The lowest BCUT2D eigenvalue weighted by Gasteiger charge is -2.25. The van der Waals surface area contributed by atoms with E-state index in [2.05, 4.69) is 47.5 Å². The van der Waals surface area contributed by atoms with Crippen LogP contribution in [-0.4, -0.2) is 78.6 Å². The third kappa shape index (κ3) is 10.8. The molecule has 0 aliphatic carbocycles. The van der Waals surface area contributed by atoms with E-state index >= 15 is 0 Å². The number of cyclic esters (lactones) is 1. The molecule has 0 radical (unpaired) electrons. The summed E-state index contributed by atoms with van der Waals surface area (Å²) in [6.45, 7) is 11.7. The Balaban J connectivity index is 1.57. The summed E-state index contributed by atoms with van der Waals surface area (Å²) in [7, 11) is 0. The highest BCUT2D eigenvalue weighted by atomic mass is 79.9. The van der Waals surface area contributed by atoms with Gasteiger partial charge in [-0.1, -0.05) is 48.0 Å². The maximum atomic E-state index is 14.0. The van der Waals surface area contributed by atoms with Gasteiger partial charge in [-0.25, -0.2) is 4.79 Å². The van der Waals surface area contributed by atoms with Crippen LogP contribution in [0.1, 0.15) is 79.6 Å². The number of halogens is 1. The number of carbonyl (C=O) groups is 5. The van der Waals surface area contributed by atoms with E-state index in [1.807, 2.05) is 71.0 Å². The molecule has 5 atom stereocenters. The average Bonchev–Trinajstić information content (AvgIpc) is 3.46. The summed E-state index contributed by atoms with van der Waals surface area (Å²) in [5.41, 5.74) is 2.30. The van der Waals surface area contributed by atoms with Gasteiger partial charge in [0.15, 0.2) is 0 Å². The monoisotopic (exact) mass is 777 g/mol. The second-order valence-corrected chi connectivity index (χ2v) is 14.2. The van der Waals surface area contributed by atoms with Crippen molar-refractivity contribution < 1.29 is 28.7 Å². The van der Waals surface area contributed by atoms with Gasteiger partial charge in [0.1, 0.15) is 12.6 Å². The van der Waals surface area contributed by atoms with Gasteiger partial charge in [0.05, 0.1) is 18.1 Å². The molecule has 1 saturated heterocycles. The molecule has 1 unspecified atom stereocenters. The van der Waals surface area contributed by atoms with Gasteiger partial charge in [-0.05, 0) is 81.6 Å². The Morgan fingerprint density at radius 2 is 1.60 bits per heavy atom. The maximum Gasteiger partial charge on any atom is 0.414 e. The van der Waals surface area contributed by atoms with Crippen molar-refractivity contribution in [3.63, 3.8) is 0 Å². The van der Waals surface area contributed by atoms with E-state index in [1.54, 1.807) is 31.3 Å². The minimum absolute atomic E-state index is 0.129. The Kier molecular flexibility index (Phi) is 14.3. The predicted octanol–water partition coefficient (Wildman–Crippen LogP) is 4.28. The van der Waals surface area contributed by atoms with Crippen LogP contribution in [0.25, 0.3) is 0 Å². The highest BCUT2D eigenvalue weighted by Crippen LogP contribution is 2.27. The van der Waals surface area contributed by atoms with Crippen LogP contribution < -0.4 is 31.5 Å². The molecule has 0 bridgehead atoms. The molecule has 0 saturated carbocycles. The molecule has 13 nitrogen and oxygen atoms in total. The summed E-state index contributed by atoms with van der Waals surface area (Å²) in [6, 6.07) is 15.1. The number of pyridine rings is 1. The largest absolute Gasteiger partial charge is 0.447 e. The van der Waals surface area contributed by atoms with Gasteiger partial charge in [-0.15, -0.1) is 0 Å². The first kappa shape index (κ1) is 40.0. The second kappa shape index (κ2) is 18.6. The minimum atomic E-state index is -0.701. The lowest BCUT2D eigenvalue weighted by molar-refractivity contribution is -0.130. The number of ether oxygens (including phenoxy) is 1. The topological polar surface area (TPSA) is 171 Å². The standard InChI is InChI=1S/C38H48BrN7O6/c1-7-40-37(50)33(22(2)3)45-34(47)25(6)42-20-31(19-30-10-8-9-15-41-30)44-36(49)28-16-27(17-32(18-28)46-23(4)21-52-38(46)51)35(48)43-24(5)26-11-13-29(39)14-12-26/h8-18,22-25,31,33,42H,7,19-21H2,1-6H3,(H,40,50)(H,43,48)(H,44,49)(H,45,47)/t23?,24-,25+,31+,33+/m1/s1. The number of hydrogen-bond acceptors (Lipinski definition) is 8. The van der Waals surface area contributed by atoms with E-state index in [9.17, 15) is 24.0 Å². The summed E-state index contributed by atoms with van der Waals surface area (Å²) in [4.78, 5) is 71.9. The Morgan fingerprint density at radius 3 is 2.17 bits per heavy atom. The zero-order chi connectivity index (χ0) is 37.9. The van der Waals surface area contributed by atoms with E-state index < -0.39 is 36.0 Å². The van der Waals surface area contributed by atoms with Gasteiger partial charge >= 0.3 is 6.09 Å². The summed E-state index contributed by atoms with van der Waals surface area (Å²) in [5.74, 6) is -1.66. The SMILES string of the molecule is CCNC(=O)[C@@H](NC(=O)[C@H](C)NC[C@H](Cc1ccccn1)NC(=O)c1cc(C(=O)N[C@H](C)c2ccc(Br)cc2)cc(N2C(=O)OCC2C)c1)C(C)C. The molecule has 278 valence electrons. The van der Waals surface area contributed by atoms with E-state index in [4.69, 9.17) is 4.74 Å². The Morgan fingerprint density at radius 1 is 0.923 bits per heavy atom. The number of likely N-dealkylation sites (N-methyl/N-ethyl adjacent to an activating group) is 1. The van der Waals surface area contributed by atoms with E-state index in [0.717, 1.165) is 10.0 Å². The van der Waals surface area contributed by atoms with Crippen LogP contribution in [0.4, 0.5) is 10.5 Å². The normalized spacial score (nSPS) is 16.3. The van der Waals surface area contributed by atoms with Gasteiger partial charge in [-0.2, -0.15) is 0 Å². The number of carbonyl (C=O) groups excluding carboxylic acids is 5. The van der Waals surface area contributed by atoms with Crippen molar-refractivity contribution in [1.82, 2.24) is 31.6 Å². The molecular formula is C38H48BrN7O6. The molecule has 1 aliphatic heterocycles. The van der Waals surface area contributed by atoms with Crippen molar-refractivity contribution in [2.24, 2.45) is 5.92 Å². The fourth-order valence-corrected chi connectivity index (χ4v) is 5.99. The Hall–Kier alpha value is -4.82. The maximum absolute atomic E-state index is 14.0. The Labute approximate surface area is 313 Å². The number of amides is 5. The Bertz CT molecular complexity index is 1720. The van der Waals surface area contributed by atoms with E-state index in [-0.39, 0.29) is 54.1 Å². The summed E-state index contributed by atoms with van der Waals surface area (Å²) < 4.78 is 6.16. The number of rotatable bonds is 16. The number of aromatic nitrogens is 1. The predicted molar refractivity (Wildman–Crippen MR) is 202 cm³/mol. The van der Waals surface area contributed by atoms with Crippen LogP contribution in [0, 0.1) is 5.92 Å². The lowest BCUT2D eigenvalue weighted by Crippen LogP contribution is -2.55. The number of benzene rings is 2. The molecule has 1 aliphatic rings. The molecule has 2 aromatic carbocycles. The smallest absolute Gasteiger partial charge is 0.414 e. The summed E-state index contributed by atoms with van der Waals surface area (Å²) >= 11 is 3.43. The molecule has 2 heterocycles. The highest BCUT2D eigenvalue weighted by Gasteiger charge is 2.33. The average molecular weight is 779 g/mol. The van der Waals surface area contributed by atoms with Crippen molar-refractivity contribution in [2.45, 2.75) is 78.2 Å². The number of nitrogens with one attached hydrogen (secondary N) is 5. The number of hydrogen-bond donors (Lipinski definition) is 5. The molecule has 5 N–H and O–H groups in total. The molecule has 52 heavy (non-hydrogen) atoms. The zero-order valence-electron chi connectivity index (χ0n) is 30.4. The quantitative estimate of drug-likeness (QED) is 0.144. The van der Waals surface area contributed by atoms with Crippen LogP contribution in [0.2, 0.25) is 0 Å². The molecule has 5 amide bonds. The minimum Gasteiger partial charge on any atom is -0.447 e. The summed E-state index contributed by atoms with van der Waals surface area (Å²) in [6.07, 6.45) is 1.41.